The number of benzene rings is 1. The van der Waals surface area contributed by atoms with Crippen LogP contribution < -0.4 is 5.32 Å². The minimum absolute atomic E-state index is 0.0262. The van der Waals surface area contributed by atoms with Crippen molar-refractivity contribution in [2.75, 3.05) is 11.9 Å². The molecule has 1 aromatic carbocycles. The summed E-state index contributed by atoms with van der Waals surface area (Å²) in [6, 6.07) is 7.97. The third kappa shape index (κ3) is 4.34. The van der Waals surface area contributed by atoms with Crippen molar-refractivity contribution in [3.05, 3.63) is 72.1 Å². The van der Waals surface area contributed by atoms with Gasteiger partial charge in [0.25, 0.3) is 0 Å². The number of rotatable bonds is 5. The van der Waals surface area contributed by atoms with Crippen LogP contribution >= 0.6 is 0 Å². The zero-order valence-corrected chi connectivity index (χ0v) is 16.2. The van der Waals surface area contributed by atoms with Gasteiger partial charge in [0.05, 0.1) is 17.7 Å². The van der Waals surface area contributed by atoms with Crippen LogP contribution in [0.2, 0.25) is 0 Å². The molecule has 4 aromatic rings. The second-order valence-corrected chi connectivity index (χ2v) is 6.81. The van der Waals surface area contributed by atoms with E-state index in [-0.39, 0.29) is 17.1 Å². The Kier molecular flexibility index (Phi) is 5.68. The van der Waals surface area contributed by atoms with Crippen molar-refractivity contribution in [3.8, 4) is 11.3 Å². The number of hydrogen-bond donors (Lipinski definition) is 3. The summed E-state index contributed by atoms with van der Waals surface area (Å²) >= 11 is 0. The van der Waals surface area contributed by atoms with Crippen LogP contribution in [0.25, 0.3) is 22.2 Å². The van der Waals surface area contributed by atoms with Crippen molar-refractivity contribution in [2.24, 2.45) is 0 Å². The summed E-state index contributed by atoms with van der Waals surface area (Å²) in [6.07, 6.45) is -2.48. The van der Waals surface area contributed by atoms with Gasteiger partial charge in [-0.2, -0.15) is 13.2 Å². The number of aromatic nitrogens is 4. The minimum Gasteiger partial charge on any atom is -0.393 e. The summed E-state index contributed by atoms with van der Waals surface area (Å²) < 4.78 is 52.6. The van der Waals surface area contributed by atoms with E-state index in [0.29, 0.717) is 22.3 Å². The first-order valence-corrected chi connectivity index (χ1v) is 9.26. The zero-order valence-electron chi connectivity index (χ0n) is 16.2. The van der Waals surface area contributed by atoms with Gasteiger partial charge in [0.1, 0.15) is 35.6 Å². The van der Waals surface area contributed by atoms with Gasteiger partial charge in [0.15, 0.2) is 0 Å². The molecule has 0 aliphatic rings. The topological polar surface area (TPSA) is 104 Å². The molecule has 0 fully saturated rings. The number of nitrogens with one attached hydrogen (secondary N) is 1. The SMILES string of the molecule is OC[C@H](O)c1cnc(-c2ccc3c(Nc4ccc(C(F)(F)F)cn4)ncnc3c2)c(F)c1. The van der Waals surface area contributed by atoms with Crippen molar-refractivity contribution < 1.29 is 27.8 Å². The molecule has 3 N–H and O–H groups in total. The van der Waals surface area contributed by atoms with E-state index in [0.717, 1.165) is 18.3 Å². The summed E-state index contributed by atoms with van der Waals surface area (Å²) in [5.74, 6) is -0.216. The Balaban J connectivity index is 1.64. The van der Waals surface area contributed by atoms with Gasteiger partial charge < -0.3 is 15.5 Å². The first-order chi connectivity index (χ1) is 15.3. The molecule has 0 unspecified atom stereocenters. The lowest BCUT2D eigenvalue weighted by atomic mass is 10.1. The molecule has 3 aromatic heterocycles. The Bertz CT molecular complexity index is 1270. The number of nitrogens with zero attached hydrogens (tertiary/aromatic N) is 4. The number of aliphatic hydroxyl groups excluding tert-OH is 2. The molecule has 0 spiro atoms. The quantitative estimate of drug-likeness (QED) is 0.399. The third-order valence-corrected chi connectivity index (χ3v) is 4.67. The van der Waals surface area contributed by atoms with E-state index < -0.39 is 30.3 Å². The van der Waals surface area contributed by atoms with Crippen LogP contribution in [-0.4, -0.2) is 36.8 Å². The van der Waals surface area contributed by atoms with Crippen LogP contribution in [0.5, 0.6) is 0 Å². The molecule has 0 saturated carbocycles. The number of alkyl halides is 3. The van der Waals surface area contributed by atoms with Crippen LogP contribution in [-0.2, 0) is 6.18 Å². The van der Waals surface area contributed by atoms with Gasteiger partial charge in [0.2, 0.25) is 0 Å². The van der Waals surface area contributed by atoms with E-state index in [1.165, 1.54) is 18.6 Å². The summed E-state index contributed by atoms with van der Waals surface area (Å²) in [5, 5.41) is 22.0. The normalized spacial score (nSPS) is 12.7. The largest absolute Gasteiger partial charge is 0.417 e. The first kappa shape index (κ1) is 21.5. The molecule has 1 atom stereocenters. The molecule has 0 bridgehead atoms. The van der Waals surface area contributed by atoms with E-state index in [4.69, 9.17) is 5.11 Å². The third-order valence-electron chi connectivity index (χ3n) is 4.67. The molecule has 32 heavy (non-hydrogen) atoms. The van der Waals surface area contributed by atoms with Crippen LogP contribution in [0.1, 0.15) is 17.2 Å². The standard InChI is InChI=1S/C21H15F4N5O2/c22-15-5-12(17(32)9-31)7-27-19(15)11-1-3-14-16(6-11)28-10-29-20(14)30-18-4-2-13(8-26-18)21(23,24)25/h1-8,10,17,31-32H,9H2,(H,26,28,29,30)/t17-/m0/s1. The van der Waals surface area contributed by atoms with Gasteiger partial charge in [-0.3, -0.25) is 4.98 Å². The van der Waals surface area contributed by atoms with Gasteiger partial charge in [-0.25, -0.2) is 19.3 Å². The van der Waals surface area contributed by atoms with Gasteiger partial charge in [-0.05, 0) is 30.3 Å². The number of fused-ring (bicyclic) bond motifs is 1. The van der Waals surface area contributed by atoms with E-state index in [1.807, 2.05) is 0 Å². The van der Waals surface area contributed by atoms with E-state index in [2.05, 4.69) is 25.3 Å². The minimum atomic E-state index is -4.48. The van der Waals surface area contributed by atoms with Gasteiger partial charge >= 0.3 is 6.18 Å². The molecule has 7 nitrogen and oxygen atoms in total. The Morgan fingerprint density at radius 2 is 1.78 bits per heavy atom. The fraction of sp³-hybridized carbons (Fsp3) is 0.143. The highest BCUT2D eigenvalue weighted by Gasteiger charge is 2.30. The molecule has 0 amide bonds. The molecule has 0 aliphatic carbocycles. The number of aliphatic hydroxyl groups is 2. The molecular formula is C21H15F4N5O2. The lowest BCUT2D eigenvalue weighted by molar-refractivity contribution is -0.137. The molecule has 3 heterocycles. The molecule has 11 heteroatoms. The highest BCUT2D eigenvalue weighted by Crippen LogP contribution is 2.31. The maximum absolute atomic E-state index is 14.5. The Morgan fingerprint density at radius 3 is 2.44 bits per heavy atom. The van der Waals surface area contributed by atoms with Crippen molar-refractivity contribution in [2.45, 2.75) is 12.3 Å². The summed E-state index contributed by atoms with van der Waals surface area (Å²) in [4.78, 5) is 16.1. The summed E-state index contributed by atoms with van der Waals surface area (Å²) in [7, 11) is 0. The van der Waals surface area contributed by atoms with Crippen LogP contribution in [0.3, 0.4) is 0 Å². The zero-order chi connectivity index (χ0) is 22.9. The lowest BCUT2D eigenvalue weighted by Gasteiger charge is -2.11. The number of halogens is 4. The average molecular weight is 445 g/mol. The van der Waals surface area contributed by atoms with E-state index >= 15 is 0 Å². The lowest BCUT2D eigenvalue weighted by Crippen LogP contribution is -2.06. The molecule has 0 radical (unpaired) electrons. The first-order valence-electron chi connectivity index (χ1n) is 9.26. The number of hydrogen-bond acceptors (Lipinski definition) is 7. The van der Waals surface area contributed by atoms with Crippen LogP contribution in [0, 0.1) is 5.82 Å². The van der Waals surface area contributed by atoms with Crippen molar-refractivity contribution in [1.29, 1.82) is 0 Å². The highest BCUT2D eigenvalue weighted by molar-refractivity contribution is 5.92. The summed E-state index contributed by atoms with van der Waals surface area (Å²) in [6.45, 7) is -0.559. The fourth-order valence-electron chi connectivity index (χ4n) is 3.01. The molecule has 0 saturated heterocycles. The Labute approximate surface area is 178 Å². The van der Waals surface area contributed by atoms with Crippen molar-refractivity contribution >= 4 is 22.5 Å². The predicted molar refractivity (Wildman–Crippen MR) is 107 cm³/mol. The Morgan fingerprint density at radius 1 is 0.969 bits per heavy atom. The van der Waals surface area contributed by atoms with Gasteiger partial charge in [0, 0.05) is 28.9 Å². The fourth-order valence-corrected chi connectivity index (χ4v) is 3.01. The van der Waals surface area contributed by atoms with Crippen LogP contribution in [0.4, 0.5) is 29.2 Å². The maximum Gasteiger partial charge on any atom is 0.417 e. The summed E-state index contributed by atoms with van der Waals surface area (Å²) in [5.41, 5.74) is 0.155. The van der Waals surface area contributed by atoms with Gasteiger partial charge in [-0.15, -0.1) is 0 Å². The molecule has 0 aliphatic heterocycles. The predicted octanol–water partition coefficient (Wildman–Crippen LogP) is 4.01. The second kappa shape index (κ2) is 8.44. The number of pyridine rings is 2. The monoisotopic (exact) mass is 445 g/mol. The molecule has 4 rings (SSSR count). The van der Waals surface area contributed by atoms with Gasteiger partial charge in [-0.1, -0.05) is 6.07 Å². The maximum atomic E-state index is 14.5. The van der Waals surface area contributed by atoms with E-state index in [9.17, 15) is 22.7 Å². The highest BCUT2D eigenvalue weighted by atomic mass is 19.4. The van der Waals surface area contributed by atoms with Crippen LogP contribution in [0.15, 0.2) is 55.1 Å². The molecular weight excluding hydrogens is 430 g/mol. The van der Waals surface area contributed by atoms with E-state index in [1.54, 1.807) is 18.2 Å². The Hall–Kier alpha value is -3.70. The van der Waals surface area contributed by atoms with Crippen molar-refractivity contribution in [3.63, 3.8) is 0 Å². The van der Waals surface area contributed by atoms with Crippen molar-refractivity contribution in [1.82, 2.24) is 19.9 Å². The second-order valence-electron chi connectivity index (χ2n) is 6.81. The molecule has 164 valence electrons. The average Bonchev–Trinajstić information content (AvgIpc) is 2.78. The number of anilines is 2. The smallest absolute Gasteiger partial charge is 0.393 e.